The van der Waals surface area contributed by atoms with Crippen LogP contribution >= 0.6 is 11.6 Å². The summed E-state index contributed by atoms with van der Waals surface area (Å²) < 4.78 is 13.0. The third-order valence-electron chi connectivity index (χ3n) is 3.19. The van der Waals surface area contributed by atoms with Crippen molar-refractivity contribution >= 4 is 17.4 Å². The van der Waals surface area contributed by atoms with E-state index in [9.17, 15) is 9.18 Å². The molecule has 0 spiro atoms. The summed E-state index contributed by atoms with van der Waals surface area (Å²) in [6.45, 7) is 2.19. The molecule has 0 bridgehead atoms. The first-order valence-corrected chi connectivity index (χ1v) is 7.47. The monoisotopic (exact) mass is 284 g/mol. The summed E-state index contributed by atoms with van der Waals surface area (Å²) in [5.41, 5.74) is 0.794. The maximum absolute atomic E-state index is 13.0. The second kappa shape index (κ2) is 9.08. The number of unbranched alkanes of at least 4 members (excludes halogenated alkanes) is 5. The molecule has 0 atom stereocenters. The van der Waals surface area contributed by atoms with Gasteiger partial charge in [0.25, 0.3) is 0 Å². The second-order valence-corrected chi connectivity index (χ2v) is 5.39. The molecule has 0 aromatic heterocycles. The number of halogens is 2. The first kappa shape index (κ1) is 16.2. The molecule has 0 aliphatic rings. The molecule has 0 saturated carbocycles. The third kappa shape index (κ3) is 6.72. The normalized spacial score (nSPS) is 10.7. The molecule has 0 N–H and O–H groups in total. The van der Waals surface area contributed by atoms with Crippen LogP contribution in [-0.4, -0.2) is 5.78 Å². The fourth-order valence-corrected chi connectivity index (χ4v) is 2.27. The minimum atomic E-state index is -0.436. The Bertz CT molecular complexity index is 404. The van der Waals surface area contributed by atoms with E-state index in [2.05, 4.69) is 6.92 Å². The highest BCUT2D eigenvalue weighted by atomic mass is 35.5. The van der Waals surface area contributed by atoms with E-state index in [1.807, 2.05) is 0 Å². The number of hydrogen-bond acceptors (Lipinski definition) is 1. The lowest BCUT2D eigenvalue weighted by molar-refractivity contribution is -0.118. The van der Waals surface area contributed by atoms with Crippen LogP contribution in [0.4, 0.5) is 4.39 Å². The van der Waals surface area contributed by atoms with E-state index >= 15 is 0 Å². The number of hydrogen-bond donors (Lipinski definition) is 0. The zero-order valence-electron chi connectivity index (χ0n) is 11.6. The van der Waals surface area contributed by atoms with Crippen molar-refractivity contribution in [1.82, 2.24) is 0 Å². The Hall–Kier alpha value is -0.890. The average Bonchev–Trinajstić information content (AvgIpc) is 2.38. The molecule has 0 unspecified atom stereocenters. The van der Waals surface area contributed by atoms with E-state index in [-0.39, 0.29) is 10.8 Å². The predicted octanol–water partition coefficient (Wildman–Crippen LogP) is 5.34. The summed E-state index contributed by atoms with van der Waals surface area (Å²) >= 11 is 5.69. The van der Waals surface area contributed by atoms with Gasteiger partial charge in [-0.2, -0.15) is 0 Å². The number of rotatable bonds is 9. The molecule has 1 rings (SSSR count). The summed E-state index contributed by atoms with van der Waals surface area (Å²) in [5.74, 6) is -0.230. The van der Waals surface area contributed by atoms with Gasteiger partial charge in [-0.15, -0.1) is 0 Å². The molecule has 0 aliphatic heterocycles. The third-order valence-corrected chi connectivity index (χ3v) is 3.48. The molecular weight excluding hydrogens is 263 g/mol. The predicted molar refractivity (Wildman–Crippen MR) is 78.1 cm³/mol. The topological polar surface area (TPSA) is 17.1 Å². The number of carbonyl (C=O) groups is 1. The van der Waals surface area contributed by atoms with Crippen molar-refractivity contribution in [3.05, 3.63) is 34.6 Å². The van der Waals surface area contributed by atoms with Gasteiger partial charge in [0, 0.05) is 12.8 Å². The van der Waals surface area contributed by atoms with Crippen molar-refractivity contribution in [2.75, 3.05) is 0 Å². The Morgan fingerprint density at radius 1 is 1.16 bits per heavy atom. The molecule has 0 aliphatic carbocycles. The van der Waals surface area contributed by atoms with Gasteiger partial charge in [0.2, 0.25) is 0 Å². The molecule has 0 amide bonds. The lowest BCUT2D eigenvalue weighted by Crippen LogP contribution is -2.02. The smallest absolute Gasteiger partial charge is 0.141 e. The molecule has 0 heterocycles. The number of ketones is 1. The Labute approximate surface area is 120 Å². The van der Waals surface area contributed by atoms with Crippen LogP contribution < -0.4 is 0 Å². The van der Waals surface area contributed by atoms with E-state index in [1.54, 1.807) is 6.07 Å². The van der Waals surface area contributed by atoms with Crippen molar-refractivity contribution in [3.8, 4) is 0 Å². The number of Topliss-reactive ketones (excluding diaryl/α,β-unsaturated/α-hetero) is 1. The molecule has 3 heteroatoms. The van der Waals surface area contributed by atoms with Crippen LogP contribution in [0, 0.1) is 5.82 Å². The highest BCUT2D eigenvalue weighted by Gasteiger charge is 2.06. The van der Waals surface area contributed by atoms with Crippen LogP contribution in [0.1, 0.15) is 57.4 Å². The Kier molecular flexibility index (Phi) is 7.73. The van der Waals surface area contributed by atoms with Crippen molar-refractivity contribution in [2.24, 2.45) is 0 Å². The molecule has 0 fully saturated rings. The van der Waals surface area contributed by atoms with Crippen LogP contribution in [0.25, 0.3) is 0 Å². The van der Waals surface area contributed by atoms with Gasteiger partial charge < -0.3 is 0 Å². The summed E-state index contributed by atoms with van der Waals surface area (Å²) in [5, 5.41) is 0.0878. The molecule has 1 nitrogen and oxygen atoms in total. The van der Waals surface area contributed by atoms with Crippen LogP contribution in [0.3, 0.4) is 0 Å². The molecule has 106 valence electrons. The maximum atomic E-state index is 13.0. The standard InChI is InChI=1S/C16H22ClFO/c1-2-3-4-5-6-7-8-14(19)11-13-9-10-16(18)15(17)12-13/h9-10,12H,2-8,11H2,1H3. The van der Waals surface area contributed by atoms with Crippen LogP contribution in [0.15, 0.2) is 18.2 Å². The Morgan fingerprint density at radius 2 is 1.84 bits per heavy atom. The summed E-state index contributed by atoms with van der Waals surface area (Å²) in [7, 11) is 0. The molecule has 1 aromatic rings. The van der Waals surface area contributed by atoms with E-state index in [0.717, 1.165) is 18.4 Å². The molecule has 1 aromatic carbocycles. The van der Waals surface area contributed by atoms with E-state index in [1.165, 1.54) is 37.8 Å². The molecular formula is C16H22ClFO. The van der Waals surface area contributed by atoms with Crippen molar-refractivity contribution < 1.29 is 9.18 Å². The first-order chi connectivity index (χ1) is 9.13. The SMILES string of the molecule is CCCCCCCCC(=O)Cc1ccc(F)c(Cl)c1. The average molecular weight is 285 g/mol. The van der Waals surface area contributed by atoms with Gasteiger partial charge in [0.1, 0.15) is 11.6 Å². The molecule has 19 heavy (non-hydrogen) atoms. The Morgan fingerprint density at radius 3 is 2.53 bits per heavy atom. The maximum Gasteiger partial charge on any atom is 0.141 e. The van der Waals surface area contributed by atoms with Gasteiger partial charge in [-0.05, 0) is 24.1 Å². The first-order valence-electron chi connectivity index (χ1n) is 7.09. The minimum Gasteiger partial charge on any atom is -0.299 e. The van der Waals surface area contributed by atoms with Gasteiger partial charge in [-0.3, -0.25) is 4.79 Å². The fraction of sp³-hybridized carbons (Fsp3) is 0.562. The van der Waals surface area contributed by atoms with Crippen molar-refractivity contribution in [1.29, 1.82) is 0 Å². The number of carbonyl (C=O) groups excluding carboxylic acids is 1. The molecule has 0 radical (unpaired) electrons. The Balaban J connectivity index is 2.21. The van der Waals surface area contributed by atoms with Crippen LogP contribution in [0.2, 0.25) is 5.02 Å². The lowest BCUT2D eigenvalue weighted by atomic mass is 10.0. The van der Waals surface area contributed by atoms with Crippen LogP contribution in [-0.2, 0) is 11.2 Å². The zero-order valence-corrected chi connectivity index (χ0v) is 12.3. The number of benzene rings is 1. The van der Waals surface area contributed by atoms with Gasteiger partial charge in [-0.25, -0.2) is 4.39 Å². The second-order valence-electron chi connectivity index (χ2n) is 4.98. The lowest BCUT2D eigenvalue weighted by Gasteiger charge is -2.03. The summed E-state index contributed by atoms with van der Waals surface area (Å²) in [6, 6.07) is 4.48. The van der Waals surface area contributed by atoms with Gasteiger partial charge in [0.15, 0.2) is 0 Å². The quantitative estimate of drug-likeness (QED) is 0.559. The highest BCUT2D eigenvalue weighted by molar-refractivity contribution is 6.30. The van der Waals surface area contributed by atoms with E-state index in [0.29, 0.717) is 12.8 Å². The zero-order chi connectivity index (χ0) is 14.1. The largest absolute Gasteiger partial charge is 0.299 e. The van der Waals surface area contributed by atoms with Gasteiger partial charge in [0.05, 0.1) is 5.02 Å². The van der Waals surface area contributed by atoms with Crippen molar-refractivity contribution in [3.63, 3.8) is 0 Å². The molecule has 0 saturated heterocycles. The summed E-state index contributed by atoms with van der Waals surface area (Å²) in [6.07, 6.45) is 8.04. The van der Waals surface area contributed by atoms with Crippen molar-refractivity contribution in [2.45, 2.75) is 58.3 Å². The van der Waals surface area contributed by atoms with Gasteiger partial charge in [-0.1, -0.05) is 56.7 Å². The van der Waals surface area contributed by atoms with E-state index in [4.69, 9.17) is 11.6 Å². The fourth-order valence-electron chi connectivity index (χ4n) is 2.07. The van der Waals surface area contributed by atoms with Crippen LogP contribution in [0.5, 0.6) is 0 Å². The van der Waals surface area contributed by atoms with Gasteiger partial charge >= 0.3 is 0 Å². The highest BCUT2D eigenvalue weighted by Crippen LogP contribution is 2.17. The minimum absolute atomic E-state index is 0.0878. The van der Waals surface area contributed by atoms with E-state index < -0.39 is 5.82 Å². The summed E-state index contributed by atoms with van der Waals surface area (Å²) in [4.78, 5) is 11.8.